The summed E-state index contributed by atoms with van der Waals surface area (Å²) in [7, 11) is 1.35. The lowest BCUT2D eigenvalue weighted by Crippen LogP contribution is -2.34. The van der Waals surface area contributed by atoms with Crippen molar-refractivity contribution in [3.8, 4) is 5.75 Å². The molecule has 0 radical (unpaired) electrons. The zero-order valence-electron chi connectivity index (χ0n) is 15.5. The van der Waals surface area contributed by atoms with Crippen LogP contribution in [0.25, 0.3) is 0 Å². The van der Waals surface area contributed by atoms with Crippen LogP contribution in [0, 0.1) is 0 Å². The summed E-state index contributed by atoms with van der Waals surface area (Å²) in [6.07, 6.45) is 2.33. The molecular weight excluding hydrogens is 387 g/mol. The van der Waals surface area contributed by atoms with E-state index in [1.807, 2.05) is 6.08 Å². The van der Waals surface area contributed by atoms with Gasteiger partial charge in [0.25, 0.3) is 11.8 Å². The molecule has 1 aliphatic heterocycles. The fourth-order valence-electron chi connectivity index (χ4n) is 2.92. The minimum atomic E-state index is -4.67. The number of rotatable bonds is 4. The maximum Gasteiger partial charge on any atom is 0.416 e. The van der Waals surface area contributed by atoms with Gasteiger partial charge in [0, 0.05) is 30.5 Å². The highest BCUT2D eigenvalue weighted by atomic mass is 19.4. The maximum atomic E-state index is 13.4. The molecule has 0 spiro atoms. The van der Waals surface area contributed by atoms with E-state index < -0.39 is 23.6 Å². The minimum Gasteiger partial charge on any atom is -0.494 e. The summed E-state index contributed by atoms with van der Waals surface area (Å²) in [5.74, 6) is -1.03. The van der Waals surface area contributed by atoms with Gasteiger partial charge in [-0.15, -0.1) is 0 Å². The number of halogens is 3. The number of nitrogens with zero attached hydrogens (tertiary/aromatic N) is 2. The molecule has 1 aromatic heterocycles. The highest BCUT2D eigenvalue weighted by molar-refractivity contribution is 6.06. The van der Waals surface area contributed by atoms with Crippen LogP contribution >= 0.6 is 0 Å². The predicted octanol–water partition coefficient (Wildman–Crippen LogP) is 3.76. The van der Waals surface area contributed by atoms with Crippen molar-refractivity contribution in [2.24, 2.45) is 0 Å². The van der Waals surface area contributed by atoms with Crippen molar-refractivity contribution in [2.75, 3.05) is 25.5 Å². The van der Waals surface area contributed by atoms with E-state index in [4.69, 9.17) is 4.74 Å². The van der Waals surface area contributed by atoms with E-state index in [1.54, 1.807) is 6.08 Å². The maximum absolute atomic E-state index is 13.4. The molecule has 1 N–H and O–H groups in total. The van der Waals surface area contributed by atoms with Crippen molar-refractivity contribution < 1.29 is 27.5 Å². The zero-order chi connectivity index (χ0) is 21.0. The van der Waals surface area contributed by atoms with Crippen LogP contribution in [0.4, 0.5) is 18.9 Å². The van der Waals surface area contributed by atoms with Crippen LogP contribution in [-0.4, -0.2) is 41.9 Å². The molecule has 0 saturated carbocycles. The number of benzene rings is 1. The lowest BCUT2D eigenvalue weighted by atomic mass is 10.1. The van der Waals surface area contributed by atoms with Crippen LogP contribution in [0.2, 0.25) is 0 Å². The van der Waals surface area contributed by atoms with E-state index >= 15 is 0 Å². The number of carbonyl (C=O) groups excluding carboxylic acids is 2. The SMILES string of the molecule is COc1cnccc1C(=O)Nc1cc(C(=O)N2CC=CCC2)cc(C(F)(F)F)c1. The second-order valence-corrected chi connectivity index (χ2v) is 6.34. The molecule has 1 aliphatic rings. The Morgan fingerprint density at radius 2 is 2.00 bits per heavy atom. The molecule has 0 fully saturated rings. The van der Waals surface area contributed by atoms with Crippen LogP contribution < -0.4 is 10.1 Å². The molecule has 0 atom stereocenters. The Morgan fingerprint density at radius 1 is 1.21 bits per heavy atom. The van der Waals surface area contributed by atoms with E-state index in [0.717, 1.165) is 12.1 Å². The topological polar surface area (TPSA) is 71.5 Å². The number of amides is 2. The highest BCUT2D eigenvalue weighted by Crippen LogP contribution is 2.33. The first-order valence-corrected chi connectivity index (χ1v) is 8.75. The zero-order valence-corrected chi connectivity index (χ0v) is 15.5. The van der Waals surface area contributed by atoms with E-state index in [9.17, 15) is 22.8 Å². The van der Waals surface area contributed by atoms with Crippen LogP contribution in [0.3, 0.4) is 0 Å². The standard InChI is InChI=1S/C20H18F3N3O3/c1-29-17-12-24-6-5-16(17)18(27)25-15-10-13(9-14(11-15)20(21,22)23)19(28)26-7-3-2-4-8-26/h2-3,5-6,9-12H,4,7-8H2,1H3,(H,25,27). The Hall–Kier alpha value is -3.36. The Labute approximate surface area is 165 Å². The number of methoxy groups -OCH3 is 1. The average Bonchev–Trinajstić information content (AvgIpc) is 2.72. The number of ether oxygens (including phenoxy) is 1. The minimum absolute atomic E-state index is 0.106. The summed E-state index contributed by atoms with van der Waals surface area (Å²) < 4.78 is 45.1. The molecule has 2 amide bonds. The molecule has 3 rings (SSSR count). The first kappa shape index (κ1) is 20.4. The second-order valence-electron chi connectivity index (χ2n) is 6.34. The average molecular weight is 405 g/mol. The van der Waals surface area contributed by atoms with Crippen LogP contribution in [0.15, 0.2) is 48.8 Å². The van der Waals surface area contributed by atoms with E-state index in [0.29, 0.717) is 19.5 Å². The quantitative estimate of drug-likeness (QED) is 0.787. The lowest BCUT2D eigenvalue weighted by Gasteiger charge is -2.24. The van der Waals surface area contributed by atoms with E-state index in [-0.39, 0.29) is 22.6 Å². The molecule has 29 heavy (non-hydrogen) atoms. The summed E-state index contributed by atoms with van der Waals surface area (Å²) >= 11 is 0. The molecule has 2 aromatic rings. The van der Waals surface area contributed by atoms with Gasteiger partial charge in [0.05, 0.1) is 24.4 Å². The van der Waals surface area contributed by atoms with Crippen LogP contribution in [-0.2, 0) is 6.18 Å². The van der Waals surface area contributed by atoms with Crippen LogP contribution in [0.1, 0.15) is 32.7 Å². The van der Waals surface area contributed by atoms with Crippen molar-refractivity contribution in [3.63, 3.8) is 0 Å². The lowest BCUT2D eigenvalue weighted by molar-refractivity contribution is -0.137. The normalized spacial score (nSPS) is 13.9. The van der Waals surface area contributed by atoms with Crippen molar-refractivity contribution in [3.05, 3.63) is 65.5 Å². The van der Waals surface area contributed by atoms with Gasteiger partial charge in [0.15, 0.2) is 0 Å². The second kappa shape index (κ2) is 8.34. The van der Waals surface area contributed by atoms with Gasteiger partial charge in [-0.25, -0.2) is 0 Å². The van der Waals surface area contributed by atoms with Crippen LogP contribution in [0.5, 0.6) is 5.75 Å². The summed E-state index contributed by atoms with van der Waals surface area (Å²) in [5.41, 5.74) is -1.20. The van der Waals surface area contributed by atoms with Gasteiger partial charge < -0.3 is 15.0 Å². The third-order valence-corrected chi connectivity index (χ3v) is 4.36. The molecular formula is C20H18F3N3O3. The molecule has 0 bridgehead atoms. The Bertz CT molecular complexity index is 957. The van der Waals surface area contributed by atoms with Gasteiger partial charge >= 0.3 is 6.18 Å². The number of aromatic nitrogens is 1. The highest BCUT2D eigenvalue weighted by Gasteiger charge is 2.32. The molecule has 6 nitrogen and oxygen atoms in total. The summed E-state index contributed by atoms with van der Waals surface area (Å²) in [5, 5.41) is 2.41. The Kier molecular flexibility index (Phi) is 5.86. The summed E-state index contributed by atoms with van der Waals surface area (Å²) in [6.45, 7) is 0.743. The van der Waals surface area contributed by atoms with Gasteiger partial charge in [0.1, 0.15) is 5.75 Å². The molecule has 9 heteroatoms. The number of carbonyl (C=O) groups is 2. The smallest absolute Gasteiger partial charge is 0.416 e. The summed E-state index contributed by atoms with van der Waals surface area (Å²) in [6, 6.07) is 4.21. The Balaban J connectivity index is 1.94. The monoisotopic (exact) mass is 405 g/mol. The molecule has 152 valence electrons. The van der Waals surface area contributed by atoms with Gasteiger partial charge in [0.2, 0.25) is 0 Å². The first-order valence-electron chi connectivity index (χ1n) is 8.75. The third-order valence-electron chi connectivity index (χ3n) is 4.36. The number of alkyl halides is 3. The van der Waals surface area contributed by atoms with Gasteiger partial charge in [-0.3, -0.25) is 14.6 Å². The molecule has 1 aromatic carbocycles. The molecule has 0 unspecified atom stereocenters. The number of anilines is 1. The largest absolute Gasteiger partial charge is 0.494 e. The predicted molar refractivity (Wildman–Crippen MR) is 99.8 cm³/mol. The summed E-state index contributed by atoms with van der Waals surface area (Å²) in [4.78, 5) is 30.5. The van der Waals surface area contributed by atoms with Crippen molar-refractivity contribution in [1.29, 1.82) is 0 Å². The first-order chi connectivity index (χ1) is 13.8. The third kappa shape index (κ3) is 4.74. The number of pyridine rings is 1. The number of hydrogen-bond donors (Lipinski definition) is 1. The number of nitrogens with one attached hydrogen (secondary N) is 1. The van der Waals surface area contributed by atoms with E-state index in [1.165, 1.54) is 36.5 Å². The molecule has 0 aliphatic carbocycles. The molecule has 0 saturated heterocycles. The van der Waals surface area contributed by atoms with Crippen molar-refractivity contribution in [1.82, 2.24) is 9.88 Å². The van der Waals surface area contributed by atoms with Gasteiger partial charge in [-0.2, -0.15) is 13.2 Å². The molecule has 2 heterocycles. The van der Waals surface area contributed by atoms with E-state index in [2.05, 4.69) is 10.3 Å². The van der Waals surface area contributed by atoms with Gasteiger partial charge in [-0.05, 0) is 30.7 Å². The fourth-order valence-corrected chi connectivity index (χ4v) is 2.92. The Morgan fingerprint density at radius 3 is 2.66 bits per heavy atom. The van der Waals surface area contributed by atoms with Crippen molar-refractivity contribution in [2.45, 2.75) is 12.6 Å². The van der Waals surface area contributed by atoms with Gasteiger partial charge in [-0.1, -0.05) is 12.2 Å². The number of hydrogen-bond acceptors (Lipinski definition) is 4. The fraction of sp³-hybridized carbons (Fsp3) is 0.250. The van der Waals surface area contributed by atoms with Crippen molar-refractivity contribution >= 4 is 17.5 Å².